The minimum atomic E-state index is -0.138. The quantitative estimate of drug-likeness (QED) is 0.879. The number of aromatic nitrogens is 2. The number of nitrogens with zero attached hydrogens (tertiary/aromatic N) is 2. The molecule has 1 saturated carbocycles. The minimum Gasteiger partial charge on any atom is -0.335 e. The number of nitrogens with one attached hydrogen (secondary N) is 1. The van der Waals surface area contributed by atoms with Crippen LogP contribution in [0.15, 0.2) is 27.9 Å². The number of amides is 1. The lowest BCUT2D eigenvalue weighted by molar-refractivity contribution is -0.125. The van der Waals surface area contributed by atoms with E-state index >= 15 is 0 Å². The summed E-state index contributed by atoms with van der Waals surface area (Å²) in [6, 6.07) is 1.83. The topological polar surface area (TPSA) is 66.1 Å². The number of thiophene rings is 1. The average molecular weight is 331 g/mol. The monoisotopic (exact) mass is 331 g/mol. The number of hydrogen-bond donors (Lipinski definition) is 1. The Bertz CT molecular complexity index is 796. The first-order valence-corrected chi connectivity index (χ1v) is 8.82. The summed E-state index contributed by atoms with van der Waals surface area (Å²) in [4.78, 5) is 33.1. The van der Waals surface area contributed by atoms with Crippen LogP contribution in [-0.4, -0.2) is 27.8 Å². The molecule has 0 aliphatic heterocycles. The summed E-state index contributed by atoms with van der Waals surface area (Å²) < 4.78 is 0.626. The van der Waals surface area contributed by atoms with Crippen molar-refractivity contribution in [1.82, 2.24) is 14.9 Å². The van der Waals surface area contributed by atoms with Crippen molar-refractivity contribution in [2.24, 2.45) is 5.92 Å². The van der Waals surface area contributed by atoms with Gasteiger partial charge >= 0.3 is 0 Å². The summed E-state index contributed by atoms with van der Waals surface area (Å²) >= 11 is 1.37. The van der Waals surface area contributed by atoms with E-state index in [1.807, 2.05) is 11.4 Å². The van der Waals surface area contributed by atoms with E-state index in [1.54, 1.807) is 18.0 Å². The van der Waals surface area contributed by atoms with E-state index in [0.29, 0.717) is 22.6 Å². The standard InChI is InChI=1S/C17H21N3O2S/c1-11-3-5-12(6-4-11)9-15(21)20(2)10-14-18-13-7-8-23-16(13)17(22)19-14/h7-9,11H,3-6,10H2,1-2H3,(H,18,19,22). The Balaban J connectivity index is 1.70. The van der Waals surface area contributed by atoms with Crippen molar-refractivity contribution in [3.05, 3.63) is 39.3 Å². The third-order valence-corrected chi connectivity index (χ3v) is 5.27. The maximum absolute atomic E-state index is 12.3. The first-order chi connectivity index (χ1) is 11.0. The number of rotatable bonds is 3. The van der Waals surface area contributed by atoms with Crippen LogP contribution in [0.4, 0.5) is 0 Å². The second kappa shape index (κ2) is 6.66. The lowest BCUT2D eigenvalue weighted by atomic mass is 9.87. The van der Waals surface area contributed by atoms with Gasteiger partial charge in [-0.15, -0.1) is 11.3 Å². The van der Waals surface area contributed by atoms with Crippen molar-refractivity contribution < 1.29 is 4.79 Å². The predicted octanol–water partition coefficient (Wildman–Crippen LogP) is 3.08. The predicted molar refractivity (Wildman–Crippen MR) is 92.4 cm³/mol. The molecule has 0 bridgehead atoms. The molecule has 0 radical (unpaired) electrons. The van der Waals surface area contributed by atoms with Crippen molar-refractivity contribution in [3.8, 4) is 0 Å². The van der Waals surface area contributed by atoms with Crippen molar-refractivity contribution >= 4 is 27.5 Å². The molecular weight excluding hydrogens is 310 g/mol. The zero-order valence-corrected chi connectivity index (χ0v) is 14.3. The molecule has 1 amide bonds. The Morgan fingerprint density at radius 2 is 2.22 bits per heavy atom. The first kappa shape index (κ1) is 15.9. The van der Waals surface area contributed by atoms with Crippen LogP contribution in [0.2, 0.25) is 0 Å². The average Bonchev–Trinajstić information content (AvgIpc) is 2.98. The number of carbonyl (C=O) groups excluding carboxylic acids is 1. The second-order valence-electron chi connectivity index (χ2n) is 6.33. The molecule has 6 heteroatoms. The fraction of sp³-hybridized carbons (Fsp3) is 0.471. The third-order valence-electron chi connectivity index (χ3n) is 4.37. The molecule has 23 heavy (non-hydrogen) atoms. The molecule has 1 N–H and O–H groups in total. The first-order valence-electron chi connectivity index (χ1n) is 7.94. The maximum Gasteiger partial charge on any atom is 0.268 e. The Morgan fingerprint density at radius 1 is 1.48 bits per heavy atom. The lowest BCUT2D eigenvalue weighted by Gasteiger charge is -2.21. The lowest BCUT2D eigenvalue weighted by Crippen LogP contribution is -2.27. The number of hydrogen-bond acceptors (Lipinski definition) is 4. The number of fused-ring (bicyclic) bond motifs is 1. The zero-order valence-electron chi connectivity index (χ0n) is 13.5. The van der Waals surface area contributed by atoms with Gasteiger partial charge < -0.3 is 9.88 Å². The van der Waals surface area contributed by atoms with Crippen molar-refractivity contribution in [2.45, 2.75) is 39.2 Å². The van der Waals surface area contributed by atoms with Gasteiger partial charge in [-0.2, -0.15) is 0 Å². The Morgan fingerprint density at radius 3 is 2.96 bits per heavy atom. The zero-order chi connectivity index (χ0) is 16.4. The molecule has 2 aromatic rings. The molecule has 2 aromatic heterocycles. The van der Waals surface area contributed by atoms with Gasteiger partial charge in [-0.1, -0.05) is 12.5 Å². The molecule has 1 aliphatic carbocycles. The molecule has 3 rings (SSSR count). The van der Waals surface area contributed by atoms with E-state index in [4.69, 9.17) is 0 Å². The Hall–Kier alpha value is -1.95. The minimum absolute atomic E-state index is 0.0254. The Kier molecular flexibility index (Phi) is 4.61. The highest BCUT2D eigenvalue weighted by Crippen LogP contribution is 2.27. The summed E-state index contributed by atoms with van der Waals surface area (Å²) in [6.07, 6.45) is 6.10. The summed E-state index contributed by atoms with van der Waals surface area (Å²) in [5, 5.41) is 1.85. The summed E-state index contributed by atoms with van der Waals surface area (Å²) in [5.74, 6) is 1.25. The molecule has 0 atom stereocenters. The largest absolute Gasteiger partial charge is 0.335 e. The number of likely N-dealkylation sites (N-methyl/N-ethyl adjacent to an activating group) is 1. The van der Waals surface area contributed by atoms with Crippen molar-refractivity contribution in [3.63, 3.8) is 0 Å². The SMILES string of the molecule is CC1CCC(=CC(=O)N(C)Cc2nc3ccsc3c(=O)[nH]2)CC1. The molecule has 0 unspecified atom stereocenters. The molecule has 1 fully saturated rings. The van der Waals surface area contributed by atoms with Crippen LogP contribution >= 0.6 is 11.3 Å². The van der Waals surface area contributed by atoms with E-state index in [1.165, 1.54) is 16.9 Å². The normalized spacial score (nSPS) is 18.2. The van der Waals surface area contributed by atoms with Gasteiger partial charge in [0.1, 0.15) is 10.5 Å². The van der Waals surface area contributed by atoms with Crippen LogP contribution in [0.5, 0.6) is 0 Å². The van der Waals surface area contributed by atoms with Crippen molar-refractivity contribution in [2.75, 3.05) is 7.05 Å². The van der Waals surface area contributed by atoms with Crippen LogP contribution < -0.4 is 5.56 Å². The molecule has 0 aromatic carbocycles. The highest BCUT2D eigenvalue weighted by molar-refractivity contribution is 7.17. The van der Waals surface area contributed by atoms with Gasteiger partial charge in [0.05, 0.1) is 12.1 Å². The smallest absolute Gasteiger partial charge is 0.268 e. The van der Waals surface area contributed by atoms with E-state index in [2.05, 4.69) is 16.9 Å². The molecular formula is C17H21N3O2S. The van der Waals surface area contributed by atoms with E-state index in [0.717, 1.165) is 31.6 Å². The van der Waals surface area contributed by atoms with Crippen LogP contribution in [0.25, 0.3) is 10.2 Å². The number of carbonyl (C=O) groups is 1. The van der Waals surface area contributed by atoms with Gasteiger partial charge in [0.2, 0.25) is 5.91 Å². The molecule has 0 spiro atoms. The number of allylic oxidation sites excluding steroid dienone is 1. The Labute approximate surface area is 139 Å². The maximum atomic E-state index is 12.3. The number of aromatic amines is 1. The van der Waals surface area contributed by atoms with Gasteiger partial charge in [0.25, 0.3) is 5.56 Å². The number of H-pyrrole nitrogens is 1. The second-order valence-corrected chi connectivity index (χ2v) is 7.24. The molecule has 1 aliphatic rings. The molecule has 0 saturated heterocycles. The van der Waals surface area contributed by atoms with Crippen LogP contribution in [0, 0.1) is 5.92 Å². The van der Waals surface area contributed by atoms with E-state index in [9.17, 15) is 9.59 Å². The summed E-state index contributed by atoms with van der Waals surface area (Å²) in [6.45, 7) is 2.56. The third kappa shape index (κ3) is 3.69. The molecule has 5 nitrogen and oxygen atoms in total. The van der Waals surface area contributed by atoms with Crippen LogP contribution in [0.1, 0.15) is 38.4 Å². The molecule has 2 heterocycles. The van der Waals surface area contributed by atoms with Crippen LogP contribution in [-0.2, 0) is 11.3 Å². The van der Waals surface area contributed by atoms with Crippen LogP contribution in [0.3, 0.4) is 0 Å². The van der Waals surface area contributed by atoms with E-state index < -0.39 is 0 Å². The fourth-order valence-corrected chi connectivity index (χ4v) is 3.59. The van der Waals surface area contributed by atoms with Gasteiger partial charge in [-0.25, -0.2) is 4.98 Å². The van der Waals surface area contributed by atoms with Gasteiger partial charge in [-0.05, 0) is 43.0 Å². The summed E-state index contributed by atoms with van der Waals surface area (Å²) in [5.41, 5.74) is 1.78. The fourth-order valence-electron chi connectivity index (χ4n) is 2.86. The van der Waals surface area contributed by atoms with Gasteiger partial charge in [0.15, 0.2) is 0 Å². The van der Waals surface area contributed by atoms with Gasteiger partial charge in [0, 0.05) is 13.1 Å². The molecule has 122 valence electrons. The van der Waals surface area contributed by atoms with Gasteiger partial charge in [-0.3, -0.25) is 9.59 Å². The van der Waals surface area contributed by atoms with E-state index in [-0.39, 0.29) is 11.5 Å². The highest BCUT2D eigenvalue weighted by atomic mass is 32.1. The summed E-state index contributed by atoms with van der Waals surface area (Å²) in [7, 11) is 1.74. The van der Waals surface area contributed by atoms with Crippen molar-refractivity contribution in [1.29, 1.82) is 0 Å². The highest BCUT2D eigenvalue weighted by Gasteiger charge is 2.15.